The average Bonchev–Trinajstić information content (AvgIpc) is 2.39. The van der Waals surface area contributed by atoms with Gasteiger partial charge in [-0.15, -0.1) is 0 Å². The Labute approximate surface area is 106 Å². The van der Waals surface area contributed by atoms with Gasteiger partial charge in [0.2, 0.25) is 0 Å². The van der Waals surface area contributed by atoms with Gasteiger partial charge in [-0.1, -0.05) is 18.2 Å². The second-order valence-electron chi connectivity index (χ2n) is 3.96. The van der Waals surface area contributed by atoms with Gasteiger partial charge in [0.05, 0.1) is 11.3 Å². The molecule has 0 aliphatic heterocycles. The lowest BCUT2D eigenvalue weighted by Gasteiger charge is -2.10. The van der Waals surface area contributed by atoms with Gasteiger partial charge in [-0.05, 0) is 30.7 Å². The number of nitriles is 1. The van der Waals surface area contributed by atoms with Crippen LogP contribution in [0.3, 0.4) is 0 Å². The second-order valence-corrected chi connectivity index (χ2v) is 3.96. The van der Waals surface area contributed by atoms with Crippen molar-refractivity contribution >= 4 is 11.5 Å². The van der Waals surface area contributed by atoms with Crippen LogP contribution in [0, 0.1) is 18.3 Å². The Morgan fingerprint density at radius 1 is 1.33 bits per heavy atom. The largest absolute Gasteiger partial charge is 0.339 e. The molecule has 0 saturated carbocycles. The molecule has 0 atom stereocenters. The minimum absolute atomic E-state index is 0.357. The van der Waals surface area contributed by atoms with E-state index < -0.39 is 0 Å². The molecule has 0 amide bonds. The fraction of sp³-hybridized carbons (Fsp3) is 0.143. The number of hydrogen-bond acceptors (Lipinski definition) is 4. The van der Waals surface area contributed by atoms with Crippen molar-refractivity contribution in [2.45, 2.75) is 13.5 Å². The van der Waals surface area contributed by atoms with Gasteiger partial charge in [0.1, 0.15) is 11.9 Å². The highest BCUT2D eigenvalue weighted by Crippen LogP contribution is 2.21. The Hall–Kier alpha value is -2.38. The van der Waals surface area contributed by atoms with Crippen LogP contribution in [0.4, 0.5) is 11.5 Å². The Kier molecular flexibility index (Phi) is 3.56. The number of nitrogens with two attached hydrogens (primary N) is 1. The summed E-state index contributed by atoms with van der Waals surface area (Å²) in [5.41, 5.74) is 8.70. The molecule has 0 bridgehead atoms. The number of pyridine rings is 1. The van der Waals surface area contributed by atoms with E-state index in [9.17, 15) is 5.26 Å². The van der Waals surface area contributed by atoms with Crippen LogP contribution in [0.2, 0.25) is 0 Å². The Morgan fingerprint density at radius 2 is 2.06 bits per heavy atom. The summed E-state index contributed by atoms with van der Waals surface area (Å²) in [4.78, 5) is 4.36. The zero-order valence-electron chi connectivity index (χ0n) is 10.1. The highest BCUT2D eigenvalue weighted by molar-refractivity contribution is 5.64. The molecule has 1 heterocycles. The number of aromatic nitrogens is 1. The average molecular weight is 238 g/mol. The van der Waals surface area contributed by atoms with Crippen molar-refractivity contribution in [3.63, 3.8) is 0 Å². The van der Waals surface area contributed by atoms with E-state index in [0.717, 1.165) is 16.9 Å². The highest BCUT2D eigenvalue weighted by Gasteiger charge is 2.09. The van der Waals surface area contributed by atoms with Crippen LogP contribution in [0.15, 0.2) is 36.4 Å². The molecule has 4 heteroatoms. The first kappa shape index (κ1) is 12.1. The zero-order valence-corrected chi connectivity index (χ0v) is 10.1. The van der Waals surface area contributed by atoms with E-state index in [1.165, 1.54) is 0 Å². The monoisotopic (exact) mass is 238 g/mol. The van der Waals surface area contributed by atoms with Gasteiger partial charge < -0.3 is 11.1 Å². The summed E-state index contributed by atoms with van der Waals surface area (Å²) in [5.74, 6) is 0.559. The van der Waals surface area contributed by atoms with Crippen LogP contribution in [0.25, 0.3) is 0 Å². The second kappa shape index (κ2) is 5.30. The summed E-state index contributed by atoms with van der Waals surface area (Å²) in [7, 11) is 0. The molecule has 1 aromatic carbocycles. The fourth-order valence-electron chi connectivity index (χ4n) is 1.73. The van der Waals surface area contributed by atoms with Crippen molar-refractivity contribution in [2.24, 2.45) is 5.73 Å². The van der Waals surface area contributed by atoms with Gasteiger partial charge in [0, 0.05) is 12.2 Å². The van der Waals surface area contributed by atoms with E-state index in [1.807, 2.05) is 43.3 Å². The number of nitrogens with one attached hydrogen (secondary N) is 1. The van der Waals surface area contributed by atoms with Crippen molar-refractivity contribution in [3.05, 3.63) is 53.2 Å². The molecule has 0 fully saturated rings. The summed E-state index contributed by atoms with van der Waals surface area (Å²) < 4.78 is 0. The minimum atomic E-state index is 0.357. The van der Waals surface area contributed by atoms with Crippen LogP contribution in [-0.2, 0) is 6.54 Å². The van der Waals surface area contributed by atoms with Crippen LogP contribution in [0.5, 0.6) is 0 Å². The molecular weight excluding hydrogens is 224 g/mol. The molecule has 0 saturated heterocycles. The first-order valence-corrected chi connectivity index (χ1v) is 5.67. The van der Waals surface area contributed by atoms with Crippen molar-refractivity contribution in [1.82, 2.24) is 4.98 Å². The molecule has 0 aliphatic rings. The van der Waals surface area contributed by atoms with E-state index in [-0.39, 0.29) is 0 Å². The maximum Gasteiger partial charge on any atom is 0.148 e. The Balaban J connectivity index is 2.43. The van der Waals surface area contributed by atoms with E-state index in [2.05, 4.69) is 16.4 Å². The van der Waals surface area contributed by atoms with Crippen LogP contribution < -0.4 is 11.1 Å². The maximum absolute atomic E-state index is 9.18. The standard InChI is InChI=1S/C14H14N4/c1-10-7-12(8-15)18-14(13(10)9-16)17-11-5-3-2-4-6-11/h2-7H,8,15H2,1H3,(H,17,18). The molecule has 90 valence electrons. The van der Waals surface area contributed by atoms with Gasteiger partial charge >= 0.3 is 0 Å². The number of hydrogen-bond donors (Lipinski definition) is 2. The van der Waals surface area contributed by atoms with Crippen LogP contribution >= 0.6 is 0 Å². The number of benzene rings is 1. The van der Waals surface area contributed by atoms with Gasteiger partial charge in [-0.25, -0.2) is 4.98 Å². The van der Waals surface area contributed by atoms with Gasteiger partial charge in [0.25, 0.3) is 0 Å². The molecule has 0 aliphatic carbocycles. The third-order valence-electron chi connectivity index (χ3n) is 2.63. The number of rotatable bonds is 3. The number of para-hydroxylation sites is 1. The minimum Gasteiger partial charge on any atom is -0.339 e. The molecule has 18 heavy (non-hydrogen) atoms. The predicted octanol–water partition coefficient (Wildman–Crippen LogP) is 2.46. The lowest BCUT2D eigenvalue weighted by atomic mass is 10.1. The Bertz CT molecular complexity index is 585. The van der Waals surface area contributed by atoms with E-state index in [4.69, 9.17) is 5.73 Å². The lowest BCUT2D eigenvalue weighted by Crippen LogP contribution is -2.06. The SMILES string of the molecule is Cc1cc(CN)nc(Nc2ccccc2)c1C#N. The number of anilines is 2. The summed E-state index contributed by atoms with van der Waals surface area (Å²) in [6, 6.07) is 13.6. The molecule has 4 nitrogen and oxygen atoms in total. The normalized spacial score (nSPS) is 9.83. The van der Waals surface area contributed by atoms with Crippen LogP contribution in [-0.4, -0.2) is 4.98 Å². The number of aryl methyl sites for hydroxylation is 1. The summed E-state index contributed by atoms with van der Waals surface area (Å²) in [5, 5.41) is 12.3. The topological polar surface area (TPSA) is 74.7 Å². The molecule has 0 spiro atoms. The quantitative estimate of drug-likeness (QED) is 0.861. The fourth-order valence-corrected chi connectivity index (χ4v) is 1.73. The maximum atomic E-state index is 9.18. The third kappa shape index (κ3) is 2.47. The molecule has 0 radical (unpaired) electrons. The lowest BCUT2D eigenvalue weighted by molar-refractivity contribution is 0.984. The molecule has 0 unspecified atom stereocenters. The summed E-state index contributed by atoms with van der Waals surface area (Å²) in [6.45, 7) is 2.24. The van der Waals surface area contributed by atoms with Crippen molar-refractivity contribution < 1.29 is 0 Å². The van der Waals surface area contributed by atoms with Gasteiger partial charge in [-0.2, -0.15) is 5.26 Å². The highest BCUT2D eigenvalue weighted by atomic mass is 15.0. The molecule has 2 aromatic rings. The van der Waals surface area contributed by atoms with Crippen molar-refractivity contribution in [2.75, 3.05) is 5.32 Å². The van der Waals surface area contributed by atoms with E-state index in [1.54, 1.807) is 0 Å². The van der Waals surface area contributed by atoms with E-state index in [0.29, 0.717) is 17.9 Å². The van der Waals surface area contributed by atoms with Crippen molar-refractivity contribution in [1.29, 1.82) is 5.26 Å². The molecule has 1 aromatic heterocycles. The van der Waals surface area contributed by atoms with Gasteiger partial charge in [0.15, 0.2) is 0 Å². The van der Waals surface area contributed by atoms with Crippen LogP contribution in [0.1, 0.15) is 16.8 Å². The third-order valence-corrected chi connectivity index (χ3v) is 2.63. The first-order valence-electron chi connectivity index (χ1n) is 5.67. The zero-order chi connectivity index (χ0) is 13.0. The number of nitrogens with zero attached hydrogens (tertiary/aromatic N) is 2. The van der Waals surface area contributed by atoms with E-state index >= 15 is 0 Å². The Morgan fingerprint density at radius 3 is 2.67 bits per heavy atom. The van der Waals surface area contributed by atoms with Crippen molar-refractivity contribution in [3.8, 4) is 6.07 Å². The smallest absolute Gasteiger partial charge is 0.148 e. The predicted molar refractivity (Wildman–Crippen MR) is 71.3 cm³/mol. The molecule has 2 rings (SSSR count). The summed E-state index contributed by atoms with van der Waals surface area (Å²) >= 11 is 0. The first-order chi connectivity index (χ1) is 8.74. The van der Waals surface area contributed by atoms with Gasteiger partial charge in [-0.3, -0.25) is 0 Å². The summed E-state index contributed by atoms with van der Waals surface area (Å²) in [6.07, 6.45) is 0. The molecular formula is C14H14N4. The molecule has 3 N–H and O–H groups in total.